The molecule has 0 spiro atoms. The quantitative estimate of drug-likeness (QED) is 0.736. The van der Waals surface area contributed by atoms with Crippen molar-refractivity contribution in [3.05, 3.63) is 52.8 Å². The van der Waals surface area contributed by atoms with Crippen molar-refractivity contribution in [2.75, 3.05) is 0 Å². The number of nitrogens with zero attached hydrogens (tertiary/aromatic N) is 1. The SMILES string of the molecule is O=C(O)NCc1ccnc(Cl)c1Sc1ccccc1CO. The third kappa shape index (κ3) is 4.10. The maximum absolute atomic E-state index is 10.6. The Balaban J connectivity index is 2.32. The smallest absolute Gasteiger partial charge is 0.404 e. The molecule has 0 radical (unpaired) electrons. The van der Waals surface area contributed by atoms with E-state index in [1.54, 1.807) is 6.07 Å². The van der Waals surface area contributed by atoms with Crippen molar-refractivity contribution in [1.29, 1.82) is 0 Å². The molecule has 0 fully saturated rings. The summed E-state index contributed by atoms with van der Waals surface area (Å²) in [4.78, 5) is 16.2. The highest BCUT2D eigenvalue weighted by Crippen LogP contribution is 2.36. The molecule has 110 valence electrons. The maximum Gasteiger partial charge on any atom is 0.404 e. The van der Waals surface area contributed by atoms with E-state index >= 15 is 0 Å². The third-order valence-electron chi connectivity index (χ3n) is 2.73. The second-order valence-corrected chi connectivity index (χ2v) is 5.53. The van der Waals surface area contributed by atoms with Gasteiger partial charge in [-0.25, -0.2) is 9.78 Å². The van der Waals surface area contributed by atoms with Crippen molar-refractivity contribution in [2.45, 2.75) is 22.9 Å². The molecule has 0 aliphatic carbocycles. The van der Waals surface area contributed by atoms with Gasteiger partial charge in [0.25, 0.3) is 0 Å². The van der Waals surface area contributed by atoms with Crippen LogP contribution in [-0.2, 0) is 13.2 Å². The van der Waals surface area contributed by atoms with Gasteiger partial charge >= 0.3 is 6.09 Å². The third-order valence-corrected chi connectivity index (χ3v) is 4.40. The molecule has 21 heavy (non-hydrogen) atoms. The number of hydrogen-bond donors (Lipinski definition) is 3. The van der Waals surface area contributed by atoms with Crippen LogP contribution in [0.25, 0.3) is 0 Å². The first-order chi connectivity index (χ1) is 10.1. The monoisotopic (exact) mass is 324 g/mol. The lowest BCUT2D eigenvalue weighted by molar-refractivity contribution is 0.194. The first-order valence-corrected chi connectivity index (χ1v) is 7.28. The van der Waals surface area contributed by atoms with Gasteiger partial charge in [0.1, 0.15) is 5.15 Å². The molecule has 0 saturated heterocycles. The van der Waals surface area contributed by atoms with Gasteiger partial charge in [-0.3, -0.25) is 0 Å². The van der Waals surface area contributed by atoms with Gasteiger partial charge in [-0.15, -0.1) is 0 Å². The number of carbonyl (C=O) groups is 1. The van der Waals surface area contributed by atoms with E-state index in [0.29, 0.717) is 10.0 Å². The van der Waals surface area contributed by atoms with Gasteiger partial charge in [-0.05, 0) is 23.3 Å². The first kappa shape index (κ1) is 15.6. The van der Waals surface area contributed by atoms with Gasteiger partial charge in [0, 0.05) is 17.6 Å². The summed E-state index contributed by atoms with van der Waals surface area (Å²) in [5.74, 6) is 0. The molecular weight excluding hydrogens is 312 g/mol. The van der Waals surface area contributed by atoms with Crippen molar-refractivity contribution in [3.8, 4) is 0 Å². The summed E-state index contributed by atoms with van der Waals surface area (Å²) < 4.78 is 0. The summed E-state index contributed by atoms with van der Waals surface area (Å²) >= 11 is 7.48. The van der Waals surface area contributed by atoms with Crippen LogP contribution in [0.5, 0.6) is 0 Å². The lowest BCUT2D eigenvalue weighted by Crippen LogP contribution is -2.20. The van der Waals surface area contributed by atoms with E-state index in [4.69, 9.17) is 16.7 Å². The van der Waals surface area contributed by atoms with Gasteiger partial charge in [-0.2, -0.15) is 0 Å². The van der Waals surface area contributed by atoms with Gasteiger partial charge in [-0.1, -0.05) is 41.6 Å². The topological polar surface area (TPSA) is 82.5 Å². The highest BCUT2D eigenvalue weighted by Gasteiger charge is 2.12. The Hall–Kier alpha value is -1.76. The Morgan fingerprint density at radius 1 is 1.29 bits per heavy atom. The van der Waals surface area contributed by atoms with Crippen molar-refractivity contribution >= 4 is 29.5 Å². The predicted octanol–water partition coefficient (Wildman–Crippen LogP) is 3.15. The second-order valence-electron chi connectivity index (χ2n) is 4.12. The standard InChI is InChI=1S/C14H13ClN2O3S/c15-13-12(9(5-6-16-13)7-17-14(19)20)21-11-4-2-1-3-10(11)8-18/h1-6,17-18H,7-8H2,(H,19,20). The van der Waals surface area contributed by atoms with Crippen LogP contribution in [0.1, 0.15) is 11.1 Å². The molecule has 1 amide bonds. The Morgan fingerprint density at radius 2 is 2.05 bits per heavy atom. The zero-order valence-electron chi connectivity index (χ0n) is 10.9. The normalized spacial score (nSPS) is 10.4. The zero-order valence-corrected chi connectivity index (χ0v) is 12.5. The van der Waals surface area contributed by atoms with E-state index in [1.807, 2.05) is 24.3 Å². The van der Waals surface area contributed by atoms with Crippen LogP contribution < -0.4 is 5.32 Å². The number of rotatable bonds is 5. The minimum Gasteiger partial charge on any atom is -0.465 e. The molecule has 0 aliphatic rings. The molecule has 1 aromatic carbocycles. The molecule has 2 aromatic rings. The Bertz CT molecular complexity index is 652. The highest BCUT2D eigenvalue weighted by molar-refractivity contribution is 7.99. The molecule has 0 saturated carbocycles. The van der Waals surface area contributed by atoms with E-state index < -0.39 is 6.09 Å². The molecule has 0 bridgehead atoms. The molecule has 7 heteroatoms. The number of aliphatic hydroxyl groups excluding tert-OH is 1. The van der Waals surface area contributed by atoms with Crippen LogP contribution in [0, 0.1) is 0 Å². The molecule has 2 rings (SSSR count). The zero-order chi connectivity index (χ0) is 15.2. The minimum atomic E-state index is -1.10. The highest BCUT2D eigenvalue weighted by atomic mass is 35.5. The molecule has 1 aromatic heterocycles. The van der Waals surface area contributed by atoms with Gasteiger partial charge in [0.05, 0.1) is 11.5 Å². The number of halogens is 1. The number of pyridine rings is 1. The molecule has 1 heterocycles. The fraction of sp³-hybridized carbons (Fsp3) is 0.143. The molecular formula is C14H13ClN2O3S. The minimum absolute atomic E-state index is 0.0796. The average Bonchev–Trinajstić information content (AvgIpc) is 2.48. The summed E-state index contributed by atoms with van der Waals surface area (Å²) in [6, 6.07) is 9.11. The van der Waals surface area contributed by atoms with Crippen molar-refractivity contribution < 1.29 is 15.0 Å². The van der Waals surface area contributed by atoms with Gasteiger partial charge < -0.3 is 15.5 Å². The van der Waals surface area contributed by atoms with Crippen LogP contribution in [0.3, 0.4) is 0 Å². The Kier molecular flexibility index (Phi) is 5.44. The summed E-state index contributed by atoms with van der Waals surface area (Å²) in [7, 11) is 0. The van der Waals surface area contributed by atoms with E-state index in [2.05, 4.69) is 10.3 Å². The number of hydrogen-bond acceptors (Lipinski definition) is 4. The summed E-state index contributed by atoms with van der Waals surface area (Å²) in [5.41, 5.74) is 1.51. The number of benzene rings is 1. The molecule has 0 aliphatic heterocycles. The van der Waals surface area contributed by atoms with Crippen LogP contribution in [0.15, 0.2) is 46.3 Å². The fourth-order valence-electron chi connectivity index (χ4n) is 1.72. The van der Waals surface area contributed by atoms with E-state index in [-0.39, 0.29) is 13.2 Å². The van der Waals surface area contributed by atoms with Crippen molar-refractivity contribution in [1.82, 2.24) is 10.3 Å². The molecule has 0 atom stereocenters. The lowest BCUT2D eigenvalue weighted by Gasteiger charge is -2.12. The maximum atomic E-state index is 10.6. The summed E-state index contributed by atoms with van der Waals surface area (Å²) in [5, 5.41) is 20.7. The second kappa shape index (κ2) is 7.31. The average molecular weight is 325 g/mol. The largest absolute Gasteiger partial charge is 0.465 e. The van der Waals surface area contributed by atoms with Crippen LogP contribution in [0.2, 0.25) is 5.15 Å². The lowest BCUT2D eigenvalue weighted by atomic mass is 10.2. The van der Waals surface area contributed by atoms with E-state index in [1.165, 1.54) is 18.0 Å². The summed E-state index contributed by atoms with van der Waals surface area (Å²) in [6.45, 7) is 0.0605. The number of nitrogens with one attached hydrogen (secondary N) is 1. The number of aliphatic hydroxyl groups is 1. The number of carboxylic acid groups (broad SMARTS) is 1. The van der Waals surface area contributed by atoms with Crippen LogP contribution >= 0.6 is 23.4 Å². The Labute approximate surface area is 131 Å². The summed E-state index contributed by atoms with van der Waals surface area (Å²) in [6.07, 6.45) is 0.429. The van der Waals surface area contributed by atoms with Gasteiger partial charge in [0.2, 0.25) is 0 Å². The van der Waals surface area contributed by atoms with Crippen molar-refractivity contribution in [3.63, 3.8) is 0 Å². The predicted molar refractivity (Wildman–Crippen MR) is 80.6 cm³/mol. The van der Waals surface area contributed by atoms with Crippen LogP contribution in [-0.4, -0.2) is 21.3 Å². The first-order valence-electron chi connectivity index (χ1n) is 6.08. The number of aromatic nitrogens is 1. The Morgan fingerprint density at radius 3 is 2.76 bits per heavy atom. The van der Waals surface area contributed by atoms with Crippen molar-refractivity contribution in [2.24, 2.45) is 0 Å². The fourth-order valence-corrected chi connectivity index (χ4v) is 3.05. The van der Waals surface area contributed by atoms with E-state index in [9.17, 15) is 9.90 Å². The molecule has 0 unspecified atom stereocenters. The van der Waals surface area contributed by atoms with Gasteiger partial charge in [0.15, 0.2) is 0 Å². The van der Waals surface area contributed by atoms with Crippen LogP contribution in [0.4, 0.5) is 4.79 Å². The molecule has 5 nitrogen and oxygen atoms in total. The van der Waals surface area contributed by atoms with E-state index in [0.717, 1.165) is 16.0 Å². The number of amides is 1. The molecule has 3 N–H and O–H groups in total.